The van der Waals surface area contributed by atoms with Crippen LogP contribution in [0.5, 0.6) is 0 Å². The summed E-state index contributed by atoms with van der Waals surface area (Å²) in [6.07, 6.45) is 1.17. The summed E-state index contributed by atoms with van der Waals surface area (Å²) >= 11 is 3.40. The molecule has 0 aromatic carbocycles. The van der Waals surface area contributed by atoms with Crippen LogP contribution in [0, 0.1) is 11.8 Å². The van der Waals surface area contributed by atoms with E-state index in [2.05, 4.69) is 29.1 Å². The smallest absolute Gasteiger partial charge is 0.0925 e. The van der Waals surface area contributed by atoms with Crippen molar-refractivity contribution in [1.82, 2.24) is 0 Å². The number of hydrogen-bond donors (Lipinski definition) is 0. The normalized spacial score (nSPS) is 26.5. The van der Waals surface area contributed by atoms with E-state index >= 15 is 0 Å². The fourth-order valence-electron chi connectivity index (χ4n) is 1.39. The highest BCUT2D eigenvalue weighted by molar-refractivity contribution is 9.09. The van der Waals surface area contributed by atoms with E-state index in [-0.39, 0.29) is 0 Å². The molecule has 2 heteroatoms. The van der Waals surface area contributed by atoms with E-state index in [9.17, 15) is 0 Å². The summed E-state index contributed by atoms with van der Waals surface area (Å²) in [7, 11) is 0. The Labute approximate surface area is 82.6 Å². The van der Waals surface area contributed by atoms with Crippen LogP contribution in [-0.2, 0) is 4.74 Å². The van der Waals surface area contributed by atoms with Gasteiger partial charge in [0.25, 0.3) is 0 Å². The summed E-state index contributed by atoms with van der Waals surface area (Å²) in [5, 5.41) is 0.896. The van der Waals surface area contributed by atoms with Gasteiger partial charge in [-0.25, -0.2) is 0 Å². The Hall–Kier alpha value is -0.240. The molecule has 0 aromatic rings. The molecule has 1 aliphatic rings. The first kappa shape index (κ1) is 9.85. The minimum Gasteiger partial charge on any atom is -0.499 e. The Bertz CT molecular complexity index is 198. The molecule has 0 unspecified atom stereocenters. The summed E-state index contributed by atoms with van der Waals surface area (Å²) in [5.41, 5.74) is 1.26. The van der Waals surface area contributed by atoms with E-state index in [0.717, 1.165) is 17.7 Å². The van der Waals surface area contributed by atoms with E-state index in [4.69, 9.17) is 4.74 Å². The van der Waals surface area contributed by atoms with Gasteiger partial charge in [0.05, 0.1) is 12.4 Å². The van der Waals surface area contributed by atoms with Gasteiger partial charge < -0.3 is 4.74 Å². The minimum absolute atomic E-state index is 0.537. The van der Waals surface area contributed by atoms with Crippen LogP contribution in [0.3, 0.4) is 0 Å². The Morgan fingerprint density at radius 3 is 2.67 bits per heavy atom. The lowest BCUT2D eigenvalue weighted by molar-refractivity contribution is 0.212. The van der Waals surface area contributed by atoms with Crippen LogP contribution in [0.2, 0.25) is 0 Å². The summed E-state index contributed by atoms with van der Waals surface area (Å²) in [6.45, 7) is 10.6. The standard InChI is InChI=1S/C10H15BrO/c1-4-12-8(3)10-5-9(10)7(2)6-11/h9-10H,2-6H2,1H3/t9-,10-/m0/s1. The van der Waals surface area contributed by atoms with Gasteiger partial charge in [0.2, 0.25) is 0 Å². The molecule has 1 aliphatic carbocycles. The van der Waals surface area contributed by atoms with Crippen LogP contribution >= 0.6 is 15.9 Å². The molecule has 68 valence electrons. The lowest BCUT2D eigenvalue weighted by Gasteiger charge is -2.05. The molecule has 0 N–H and O–H groups in total. The van der Waals surface area contributed by atoms with Crippen molar-refractivity contribution in [2.45, 2.75) is 13.3 Å². The van der Waals surface area contributed by atoms with Crippen molar-refractivity contribution in [3.8, 4) is 0 Å². The van der Waals surface area contributed by atoms with Crippen LogP contribution in [0.15, 0.2) is 24.5 Å². The van der Waals surface area contributed by atoms with E-state index in [1.54, 1.807) is 0 Å². The van der Waals surface area contributed by atoms with Crippen molar-refractivity contribution in [2.24, 2.45) is 11.8 Å². The maximum atomic E-state index is 5.34. The number of hydrogen-bond acceptors (Lipinski definition) is 1. The Morgan fingerprint density at radius 2 is 2.17 bits per heavy atom. The van der Waals surface area contributed by atoms with Gasteiger partial charge in [-0.05, 0) is 19.3 Å². The second-order valence-electron chi connectivity index (χ2n) is 3.14. The van der Waals surface area contributed by atoms with Gasteiger partial charge in [-0.3, -0.25) is 0 Å². The highest BCUT2D eigenvalue weighted by Crippen LogP contribution is 2.48. The third-order valence-electron chi connectivity index (χ3n) is 2.23. The van der Waals surface area contributed by atoms with Crippen molar-refractivity contribution >= 4 is 15.9 Å². The second-order valence-corrected chi connectivity index (χ2v) is 3.70. The molecular weight excluding hydrogens is 216 g/mol. The molecule has 0 aliphatic heterocycles. The number of ether oxygens (including phenoxy) is 1. The number of allylic oxidation sites excluding steroid dienone is 2. The molecule has 0 spiro atoms. The minimum atomic E-state index is 0.537. The first-order valence-electron chi connectivity index (χ1n) is 4.26. The van der Waals surface area contributed by atoms with Crippen molar-refractivity contribution < 1.29 is 4.74 Å². The van der Waals surface area contributed by atoms with Gasteiger partial charge in [0.1, 0.15) is 0 Å². The average molecular weight is 231 g/mol. The highest BCUT2D eigenvalue weighted by Gasteiger charge is 2.41. The largest absolute Gasteiger partial charge is 0.499 e. The zero-order chi connectivity index (χ0) is 9.14. The van der Waals surface area contributed by atoms with Crippen molar-refractivity contribution in [2.75, 3.05) is 11.9 Å². The predicted molar refractivity (Wildman–Crippen MR) is 55.3 cm³/mol. The molecule has 12 heavy (non-hydrogen) atoms. The van der Waals surface area contributed by atoms with Crippen molar-refractivity contribution in [3.63, 3.8) is 0 Å². The van der Waals surface area contributed by atoms with E-state index < -0.39 is 0 Å². The van der Waals surface area contributed by atoms with Crippen LogP contribution in [0.4, 0.5) is 0 Å². The fourth-order valence-corrected chi connectivity index (χ4v) is 1.81. The zero-order valence-corrected chi connectivity index (χ0v) is 9.06. The van der Waals surface area contributed by atoms with Gasteiger partial charge in [0, 0.05) is 11.2 Å². The Kier molecular flexibility index (Phi) is 3.39. The number of rotatable bonds is 5. The van der Waals surface area contributed by atoms with Crippen LogP contribution in [0.1, 0.15) is 13.3 Å². The molecule has 0 saturated heterocycles. The van der Waals surface area contributed by atoms with Crippen LogP contribution < -0.4 is 0 Å². The predicted octanol–water partition coefficient (Wildman–Crippen LogP) is 3.12. The molecule has 1 nitrogen and oxygen atoms in total. The topological polar surface area (TPSA) is 9.23 Å². The summed E-state index contributed by atoms with van der Waals surface area (Å²) < 4.78 is 5.34. The van der Waals surface area contributed by atoms with E-state index in [1.807, 2.05) is 6.92 Å². The van der Waals surface area contributed by atoms with Gasteiger partial charge in [-0.15, -0.1) is 0 Å². The molecular formula is C10H15BrO. The van der Waals surface area contributed by atoms with Gasteiger partial charge in [0.15, 0.2) is 0 Å². The van der Waals surface area contributed by atoms with Gasteiger partial charge in [-0.2, -0.15) is 0 Å². The molecule has 0 radical (unpaired) electrons. The Morgan fingerprint density at radius 1 is 1.50 bits per heavy atom. The SMILES string of the molecule is C=C(CBr)[C@@H]1C[C@H]1C(=C)OCC. The molecule has 0 amide bonds. The maximum Gasteiger partial charge on any atom is 0.0925 e. The fraction of sp³-hybridized carbons (Fsp3) is 0.600. The van der Waals surface area contributed by atoms with Gasteiger partial charge >= 0.3 is 0 Å². The summed E-state index contributed by atoms with van der Waals surface area (Å²) in [5.74, 6) is 2.09. The molecule has 1 saturated carbocycles. The highest BCUT2D eigenvalue weighted by atomic mass is 79.9. The molecule has 1 rings (SSSR count). The molecule has 2 atom stereocenters. The third-order valence-corrected chi connectivity index (χ3v) is 2.95. The van der Waals surface area contributed by atoms with Crippen molar-refractivity contribution in [3.05, 3.63) is 24.5 Å². The molecule has 0 bridgehead atoms. The Balaban J connectivity index is 2.32. The maximum absolute atomic E-state index is 5.34. The van der Waals surface area contributed by atoms with Crippen LogP contribution in [0.25, 0.3) is 0 Å². The summed E-state index contributed by atoms with van der Waals surface area (Å²) in [4.78, 5) is 0. The second kappa shape index (κ2) is 4.13. The molecule has 0 aromatic heterocycles. The lowest BCUT2D eigenvalue weighted by Crippen LogP contribution is -1.95. The quantitative estimate of drug-likeness (QED) is 0.401. The molecule has 0 heterocycles. The third kappa shape index (κ3) is 2.13. The first-order valence-corrected chi connectivity index (χ1v) is 5.38. The zero-order valence-electron chi connectivity index (χ0n) is 7.48. The number of halogens is 1. The van der Waals surface area contributed by atoms with Crippen molar-refractivity contribution in [1.29, 1.82) is 0 Å². The average Bonchev–Trinajstić information content (AvgIpc) is 2.82. The van der Waals surface area contributed by atoms with E-state index in [1.165, 1.54) is 12.0 Å². The summed E-state index contributed by atoms with van der Waals surface area (Å²) in [6, 6.07) is 0. The lowest BCUT2D eigenvalue weighted by atomic mass is 10.2. The number of alkyl halides is 1. The first-order chi connectivity index (χ1) is 5.70. The molecule has 1 fully saturated rings. The van der Waals surface area contributed by atoms with Gasteiger partial charge in [-0.1, -0.05) is 34.7 Å². The monoisotopic (exact) mass is 230 g/mol. The van der Waals surface area contributed by atoms with Crippen LogP contribution in [-0.4, -0.2) is 11.9 Å². The van der Waals surface area contributed by atoms with E-state index in [0.29, 0.717) is 11.8 Å².